The van der Waals surface area contributed by atoms with Crippen LogP contribution in [0.1, 0.15) is 19.3 Å². The van der Waals surface area contributed by atoms with Crippen LogP contribution in [0.4, 0.5) is 0 Å². The number of nitrogens with two attached hydrogens (primary N) is 1. The van der Waals surface area contributed by atoms with Gasteiger partial charge < -0.3 is 15.7 Å². The zero-order valence-corrected chi connectivity index (χ0v) is 8.76. The third kappa shape index (κ3) is 2.39. The molecule has 0 saturated carbocycles. The van der Waals surface area contributed by atoms with Gasteiger partial charge in [0.2, 0.25) is 0 Å². The average molecular weight is 207 g/mol. The Morgan fingerprint density at radius 3 is 2.87 bits per heavy atom. The van der Waals surface area contributed by atoms with E-state index in [9.17, 15) is 5.11 Å². The quantitative estimate of drug-likeness (QED) is 0.662. The van der Waals surface area contributed by atoms with Crippen LogP contribution >= 0.6 is 0 Å². The number of rotatable bonds is 1. The highest BCUT2D eigenvalue weighted by atomic mass is 16.3. The molecule has 0 radical (unpaired) electrons. The summed E-state index contributed by atoms with van der Waals surface area (Å²) in [5, 5.41) is 9.77. The van der Waals surface area contributed by atoms with E-state index in [0.717, 1.165) is 18.7 Å². The number of hydrogen-bond acceptors (Lipinski definition) is 4. The first-order chi connectivity index (χ1) is 7.27. The van der Waals surface area contributed by atoms with Crippen molar-refractivity contribution >= 4 is 5.84 Å². The number of aliphatic imine (C=N–C) groups is 1. The molecule has 0 spiro atoms. The standard InChI is InChI=1S/C11H17N3O/c12-11-10(15)9(4-5-13-11)8-14-6-2-1-3-7-14/h4-5,8,10,15H,1-3,6-7H2,(H2,12,13). The molecule has 4 nitrogen and oxygen atoms in total. The monoisotopic (exact) mass is 207 g/mol. The first-order valence-corrected chi connectivity index (χ1v) is 5.41. The SMILES string of the molecule is NC1=NC=CC(=CN2CCCCC2)C1O. The predicted octanol–water partition coefficient (Wildman–Crippen LogP) is 0.602. The lowest BCUT2D eigenvalue weighted by molar-refractivity contribution is 0.265. The summed E-state index contributed by atoms with van der Waals surface area (Å²) in [5.41, 5.74) is 6.40. The second kappa shape index (κ2) is 4.49. The molecule has 2 heterocycles. The highest BCUT2D eigenvalue weighted by Crippen LogP contribution is 2.15. The second-order valence-electron chi connectivity index (χ2n) is 4.00. The normalized spacial score (nSPS) is 29.4. The molecule has 2 aliphatic rings. The molecule has 0 aromatic carbocycles. The van der Waals surface area contributed by atoms with Crippen LogP contribution in [-0.2, 0) is 0 Å². The maximum atomic E-state index is 9.77. The van der Waals surface area contributed by atoms with Crippen molar-refractivity contribution in [3.8, 4) is 0 Å². The second-order valence-corrected chi connectivity index (χ2v) is 4.00. The minimum absolute atomic E-state index is 0.278. The number of aliphatic hydroxyl groups excluding tert-OH is 1. The lowest BCUT2D eigenvalue weighted by atomic mass is 10.1. The van der Waals surface area contributed by atoms with E-state index in [0.29, 0.717) is 0 Å². The smallest absolute Gasteiger partial charge is 0.137 e. The molecule has 1 fully saturated rings. The van der Waals surface area contributed by atoms with Gasteiger partial charge in [-0.2, -0.15) is 0 Å². The number of nitrogens with zero attached hydrogens (tertiary/aromatic N) is 2. The minimum atomic E-state index is -0.739. The molecular weight excluding hydrogens is 190 g/mol. The van der Waals surface area contributed by atoms with Crippen molar-refractivity contribution in [2.45, 2.75) is 25.4 Å². The zero-order chi connectivity index (χ0) is 10.7. The third-order valence-corrected chi connectivity index (χ3v) is 2.81. The lowest BCUT2D eigenvalue weighted by Gasteiger charge is -2.27. The van der Waals surface area contributed by atoms with Crippen molar-refractivity contribution in [1.82, 2.24) is 4.90 Å². The fraction of sp³-hybridized carbons (Fsp3) is 0.545. The molecular formula is C11H17N3O. The molecule has 0 aromatic heterocycles. The largest absolute Gasteiger partial charge is 0.385 e. The molecule has 1 atom stereocenters. The van der Waals surface area contributed by atoms with Gasteiger partial charge in [0.15, 0.2) is 0 Å². The van der Waals surface area contributed by atoms with Crippen molar-refractivity contribution in [3.05, 3.63) is 24.0 Å². The summed E-state index contributed by atoms with van der Waals surface area (Å²) in [4.78, 5) is 6.10. The summed E-state index contributed by atoms with van der Waals surface area (Å²) >= 11 is 0. The Balaban J connectivity index is 2.06. The average Bonchev–Trinajstić information content (AvgIpc) is 2.26. The van der Waals surface area contributed by atoms with Gasteiger partial charge in [0.1, 0.15) is 11.9 Å². The molecule has 4 heteroatoms. The fourth-order valence-corrected chi connectivity index (χ4v) is 1.91. The maximum Gasteiger partial charge on any atom is 0.137 e. The van der Waals surface area contributed by atoms with Gasteiger partial charge in [-0.05, 0) is 25.3 Å². The van der Waals surface area contributed by atoms with E-state index in [2.05, 4.69) is 9.89 Å². The van der Waals surface area contributed by atoms with Crippen LogP contribution < -0.4 is 5.73 Å². The van der Waals surface area contributed by atoms with Gasteiger partial charge in [0.05, 0.1) is 0 Å². The van der Waals surface area contributed by atoms with Gasteiger partial charge in [0.25, 0.3) is 0 Å². The zero-order valence-electron chi connectivity index (χ0n) is 8.76. The Hall–Kier alpha value is -1.29. The van der Waals surface area contributed by atoms with E-state index in [1.807, 2.05) is 12.3 Å². The number of aliphatic hydroxyl groups is 1. The molecule has 0 aromatic rings. The number of hydrogen-bond donors (Lipinski definition) is 2. The molecule has 1 unspecified atom stereocenters. The van der Waals surface area contributed by atoms with E-state index in [1.54, 1.807) is 6.20 Å². The van der Waals surface area contributed by atoms with Crippen LogP contribution in [0.3, 0.4) is 0 Å². The van der Waals surface area contributed by atoms with Crippen molar-refractivity contribution in [3.63, 3.8) is 0 Å². The van der Waals surface area contributed by atoms with Gasteiger partial charge in [-0.3, -0.25) is 0 Å². The molecule has 2 rings (SSSR count). The highest BCUT2D eigenvalue weighted by Gasteiger charge is 2.17. The maximum absolute atomic E-state index is 9.77. The third-order valence-electron chi connectivity index (χ3n) is 2.81. The molecule has 15 heavy (non-hydrogen) atoms. The van der Waals surface area contributed by atoms with Gasteiger partial charge in [-0.15, -0.1) is 0 Å². The predicted molar refractivity (Wildman–Crippen MR) is 60.3 cm³/mol. The molecule has 0 aliphatic carbocycles. The summed E-state index contributed by atoms with van der Waals surface area (Å²) in [6, 6.07) is 0. The van der Waals surface area contributed by atoms with Crippen molar-refractivity contribution in [2.24, 2.45) is 10.7 Å². The van der Waals surface area contributed by atoms with E-state index in [-0.39, 0.29) is 5.84 Å². The Morgan fingerprint density at radius 1 is 1.40 bits per heavy atom. The fourth-order valence-electron chi connectivity index (χ4n) is 1.91. The number of piperidine rings is 1. The van der Waals surface area contributed by atoms with Crippen molar-refractivity contribution < 1.29 is 5.11 Å². The summed E-state index contributed by atoms with van der Waals surface area (Å²) in [7, 11) is 0. The van der Waals surface area contributed by atoms with Crippen LogP contribution in [0.2, 0.25) is 0 Å². The Kier molecular flexibility index (Phi) is 3.06. The molecule has 0 amide bonds. The minimum Gasteiger partial charge on any atom is -0.385 e. The van der Waals surface area contributed by atoms with Crippen molar-refractivity contribution in [1.29, 1.82) is 0 Å². The summed E-state index contributed by atoms with van der Waals surface area (Å²) in [5.74, 6) is 0.278. The van der Waals surface area contributed by atoms with E-state index < -0.39 is 6.10 Å². The highest BCUT2D eigenvalue weighted by molar-refractivity contribution is 5.89. The van der Waals surface area contributed by atoms with E-state index >= 15 is 0 Å². The first kappa shape index (κ1) is 10.2. The van der Waals surface area contributed by atoms with Gasteiger partial charge in [-0.1, -0.05) is 0 Å². The van der Waals surface area contributed by atoms with Crippen LogP contribution in [0.5, 0.6) is 0 Å². The van der Waals surface area contributed by atoms with Crippen LogP contribution in [0, 0.1) is 0 Å². The molecule has 82 valence electrons. The van der Waals surface area contributed by atoms with E-state index in [4.69, 9.17) is 5.73 Å². The molecule has 1 saturated heterocycles. The van der Waals surface area contributed by atoms with Crippen molar-refractivity contribution in [2.75, 3.05) is 13.1 Å². The topological polar surface area (TPSA) is 61.8 Å². The van der Waals surface area contributed by atoms with Crippen LogP contribution in [-0.4, -0.2) is 35.0 Å². The first-order valence-electron chi connectivity index (χ1n) is 5.41. The lowest BCUT2D eigenvalue weighted by Crippen LogP contribution is -2.33. The van der Waals surface area contributed by atoms with Crippen LogP contribution in [0.25, 0.3) is 0 Å². The van der Waals surface area contributed by atoms with Crippen LogP contribution in [0.15, 0.2) is 29.0 Å². The molecule has 3 N–H and O–H groups in total. The van der Waals surface area contributed by atoms with Gasteiger partial charge >= 0.3 is 0 Å². The van der Waals surface area contributed by atoms with E-state index in [1.165, 1.54) is 19.3 Å². The molecule has 0 bridgehead atoms. The summed E-state index contributed by atoms with van der Waals surface area (Å²) in [6.45, 7) is 2.14. The Bertz CT molecular complexity index is 314. The summed E-state index contributed by atoms with van der Waals surface area (Å²) in [6.07, 6.45) is 8.48. The Morgan fingerprint density at radius 2 is 2.13 bits per heavy atom. The van der Waals surface area contributed by atoms with Gasteiger partial charge in [0, 0.05) is 31.1 Å². The summed E-state index contributed by atoms with van der Waals surface area (Å²) < 4.78 is 0. The molecule has 2 aliphatic heterocycles. The number of amidine groups is 1. The van der Waals surface area contributed by atoms with Gasteiger partial charge in [-0.25, -0.2) is 4.99 Å². The number of likely N-dealkylation sites (tertiary alicyclic amines) is 1. The Labute approximate surface area is 89.8 Å².